The summed E-state index contributed by atoms with van der Waals surface area (Å²) in [6.07, 6.45) is -3.82. The number of amides is 1. The number of alkyl halides is 3. The molecule has 7 nitrogen and oxygen atoms in total. The van der Waals surface area contributed by atoms with E-state index in [0.29, 0.717) is 11.1 Å². The van der Waals surface area contributed by atoms with Crippen molar-refractivity contribution in [3.8, 4) is 11.1 Å². The fourth-order valence-electron chi connectivity index (χ4n) is 2.74. The van der Waals surface area contributed by atoms with Crippen LogP contribution in [-0.4, -0.2) is 24.1 Å². The quantitative estimate of drug-likeness (QED) is 0.671. The lowest BCUT2D eigenvalue weighted by Gasteiger charge is -2.12. The van der Waals surface area contributed by atoms with Gasteiger partial charge >= 0.3 is 6.18 Å². The number of nitrogens with one attached hydrogen (secondary N) is 1. The van der Waals surface area contributed by atoms with Crippen LogP contribution < -0.4 is 10.5 Å². The summed E-state index contributed by atoms with van der Waals surface area (Å²) in [5.41, 5.74) is -0.918. The van der Waals surface area contributed by atoms with Crippen molar-refractivity contribution in [2.24, 2.45) is 12.2 Å². The molecule has 0 saturated heterocycles. The Morgan fingerprint density at radius 3 is 2.48 bits per heavy atom. The van der Waals surface area contributed by atoms with E-state index >= 15 is 0 Å². The number of hydrogen-bond acceptors (Lipinski definition) is 4. The number of rotatable bonds is 4. The molecule has 3 aromatic rings. The first kappa shape index (κ1) is 20.6. The molecule has 3 N–H and O–H groups in total. The molecule has 1 heterocycles. The van der Waals surface area contributed by atoms with Gasteiger partial charge in [-0.15, -0.1) is 0 Å². The topological polar surface area (TPSA) is 107 Å². The lowest BCUT2D eigenvalue weighted by Crippen LogP contribution is -2.18. The van der Waals surface area contributed by atoms with Gasteiger partial charge in [-0.25, -0.2) is 13.6 Å². The van der Waals surface area contributed by atoms with E-state index in [1.54, 1.807) is 24.3 Å². The number of anilines is 1. The molecule has 0 radical (unpaired) electrons. The van der Waals surface area contributed by atoms with E-state index in [-0.39, 0.29) is 10.6 Å². The van der Waals surface area contributed by atoms with Crippen LogP contribution in [0.1, 0.15) is 16.1 Å². The van der Waals surface area contributed by atoms with Gasteiger partial charge in [0.15, 0.2) is 5.69 Å². The summed E-state index contributed by atoms with van der Waals surface area (Å²) in [5, 5.41) is 10.9. The van der Waals surface area contributed by atoms with Crippen LogP contribution in [0.5, 0.6) is 0 Å². The number of nitrogens with zero attached hydrogens (tertiary/aromatic N) is 2. The molecule has 0 aliphatic heterocycles. The van der Waals surface area contributed by atoms with E-state index in [2.05, 4.69) is 10.4 Å². The van der Waals surface area contributed by atoms with Crippen LogP contribution in [-0.2, 0) is 23.2 Å². The molecule has 0 fully saturated rings. The smallest absolute Gasteiger partial charge is 0.321 e. The highest BCUT2D eigenvalue weighted by molar-refractivity contribution is 7.89. The molecule has 0 aliphatic carbocycles. The van der Waals surface area contributed by atoms with Crippen molar-refractivity contribution in [3.05, 3.63) is 66.0 Å². The highest BCUT2D eigenvalue weighted by Crippen LogP contribution is 2.33. The van der Waals surface area contributed by atoms with Gasteiger partial charge in [0.25, 0.3) is 5.91 Å². The van der Waals surface area contributed by atoms with Crippen LogP contribution in [0.25, 0.3) is 11.1 Å². The average molecular weight is 424 g/mol. The van der Waals surface area contributed by atoms with Crippen LogP contribution in [0.3, 0.4) is 0 Å². The fraction of sp³-hybridized carbons (Fsp3) is 0.111. The van der Waals surface area contributed by atoms with Crippen LogP contribution in [0.4, 0.5) is 18.9 Å². The number of hydrogen-bond donors (Lipinski definition) is 2. The largest absolute Gasteiger partial charge is 0.435 e. The van der Waals surface area contributed by atoms with Crippen molar-refractivity contribution in [1.29, 1.82) is 0 Å². The van der Waals surface area contributed by atoms with E-state index in [4.69, 9.17) is 5.14 Å². The Balaban J connectivity index is 2.01. The second kappa shape index (κ2) is 7.33. The normalized spacial score (nSPS) is 12.0. The second-order valence-corrected chi connectivity index (χ2v) is 7.70. The first-order chi connectivity index (χ1) is 13.5. The third-order valence-electron chi connectivity index (χ3n) is 3.99. The minimum atomic E-state index is -4.79. The molecule has 1 amide bonds. The maximum atomic E-state index is 13.1. The van der Waals surface area contributed by atoms with Gasteiger partial charge in [-0.1, -0.05) is 30.3 Å². The summed E-state index contributed by atoms with van der Waals surface area (Å²) in [6, 6.07) is 12.0. The van der Waals surface area contributed by atoms with Gasteiger partial charge in [0.05, 0.1) is 10.5 Å². The zero-order valence-corrected chi connectivity index (χ0v) is 15.8. The summed E-state index contributed by atoms with van der Waals surface area (Å²) >= 11 is 0. The molecule has 0 unspecified atom stereocenters. The second-order valence-electron chi connectivity index (χ2n) is 6.14. The highest BCUT2D eigenvalue weighted by Gasteiger charge is 2.39. The van der Waals surface area contributed by atoms with Gasteiger partial charge in [-0.2, -0.15) is 18.3 Å². The number of primary sulfonamides is 1. The zero-order chi connectivity index (χ0) is 21.4. The molecule has 0 saturated carbocycles. The molecule has 152 valence electrons. The van der Waals surface area contributed by atoms with E-state index in [1.165, 1.54) is 31.3 Å². The van der Waals surface area contributed by atoms with E-state index in [1.807, 2.05) is 0 Å². The summed E-state index contributed by atoms with van der Waals surface area (Å²) < 4.78 is 63.5. The molecular formula is C18H15F3N4O3S. The number of halogens is 3. The van der Waals surface area contributed by atoms with Crippen LogP contribution in [0.2, 0.25) is 0 Å². The molecule has 0 bridgehead atoms. The summed E-state index contributed by atoms with van der Waals surface area (Å²) in [6.45, 7) is 0. The Hall–Kier alpha value is -3.18. The molecular weight excluding hydrogens is 409 g/mol. The SMILES string of the molecule is Cn1cc(C(=O)Nc2ccccc2-c2cccc(S(N)(=O)=O)c2)c(C(F)(F)F)n1. The van der Waals surface area contributed by atoms with Crippen LogP contribution in [0.15, 0.2) is 59.6 Å². The fourth-order valence-corrected chi connectivity index (χ4v) is 3.30. The molecule has 29 heavy (non-hydrogen) atoms. The first-order valence-corrected chi connectivity index (χ1v) is 9.66. The van der Waals surface area contributed by atoms with Gasteiger partial charge in [0.2, 0.25) is 10.0 Å². The zero-order valence-electron chi connectivity index (χ0n) is 14.9. The minimum Gasteiger partial charge on any atom is -0.321 e. The standard InChI is InChI=1S/C18H15F3N4O3S/c1-25-10-14(16(24-25)18(19,20)21)17(26)23-15-8-3-2-7-13(15)11-5-4-6-12(9-11)29(22,27)28/h2-10H,1H3,(H,23,26)(H2,22,27,28). The number of nitrogens with two attached hydrogens (primary N) is 1. The van der Waals surface area contributed by atoms with Gasteiger partial charge in [0, 0.05) is 24.5 Å². The molecule has 2 aromatic carbocycles. The summed E-state index contributed by atoms with van der Waals surface area (Å²) in [4.78, 5) is 12.4. The maximum Gasteiger partial charge on any atom is 0.435 e. The van der Waals surface area contributed by atoms with Crippen molar-refractivity contribution in [3.63, 3.8) is 0 Å². The first-order valence-electron chi connectivity index (χ1n) is 8.11. The lowest BCUT2D eigenvalue weighted by atomic mass is 10.0. The van der Waals surface area contributed by atoms with Gasteiger partial charge < -0.3 is 5.32 Å². The third kappa shape index (κ3) is 4.46. The van der Waals surface area contributed by atoms with Crippen molar-refractivity contribution in [2.45, 2.75) is 11.1 Å². The molecule has 1 aromatic heterocycles. The number of aryl methyl sites for hydroxylation is 1. The Labute approximate surface area is 164 Å². The predicted octanol–water partition coefficient (Wildman–Crippen LogP) is 3.01. The maximum absolute atomic E-state index is 13.1. The van der Waals surface area contributed by atoms with E-state index in [9.17, 15) is 26.4 Å². The van der Waals surface area contributed by atoms with Gasteiger partial charge in [0.1, 0.15) is 0 Å². The molecule has 3 rings (SSSR count). The van der Waals surface area contributed by atoms with E-state index in [0.717, 1.165) is 10.9 Å². The predicted molar refractivity (Wildman–Crippen MR) is 99.4 cm³/mol. The number of benzene rings is 2. The highest BCUT2D eigenvalue weighted by atomic mass is 32.2. The Kier molecular flexibility index (Phi) is 5.20. The third-order valence-corrected chi connectivity index (χ3v) is 4.90. The Bertz CT molecular complexity index is 1190. The van der Waals surface area contributed by atoms with Crippen molar-refractivity contribution < 1.29 is 26.4 Å². The molecule has 11 heteroatoms. The number of carbonyl (C=O) groups is 1. The Morgan fingerprint density at radius 2 is 1.83 bits per heavy atom. The van der Waals surface area contributed by atoms with E-state index < -0.39 is 33.4 Å². The molecule has 0 atom stereocenters. The monoisotopic (exact) mass is 424 g/mol. The lowest BCUT2D eigenvalue weighted by molar-refractivity contribution is -0.141. The average Bonchev–Trinajstić information content (AvgIpc) is 3.04. The van der Waals surface area contributed by atoms with Gasteiger partial charge in [-0.05, 0) is 23.8 Å². The summed E-state index contributed by atoms with van der Waals surface area (Å²) in [7, 11) is -2.68. The number of carbonyl (C=O) groups excluding carboxylic acids is 1. The van der Waals surface area contributed by atoms with Crippen molar-refractivity contribution in [2.75, 3.05) is 5.32 Å². The minimum absolute atomic E-state index is 0.136. The number of sulfonamides is 1. The van der Waals surface area contributed by atoms with Crippen molar-refractivity contribution in [1.82, 2.24) is 9.78 Å². The number of aromatic nitrogens is 2. The van der Waals surface area contributed by atoms with Gasteiger partial charge in [-0.3, -0.25) is 9.48 Å². The number of para-hydroxylation sites is 1. The van der Waals surface area contributed by atoms with Crippen LogP contribution in [0, 0.1) is 0 Å². The summed E-state index contributed by atoms with van der Waals surface area (Å²) in [5.74, 6) is -1.000. The van der Waals surface area contributed by atoms with Crippen molar-refractivity contribution >= 4 is 21.6 Å². The Morgan fingerprint density at radius 1 is 1.14 bits per heavy atom. The molecule has 0 aliphatic rings. The molecule has 0 spiro atoms. The van der Waals surface area contributed by atoms with Crippen LogP contribution >= 0.6 is 0 Å².